The van der Waals surface area contributed by atoms with Crippen molar-refractivity contribution >= 4 is 5.91 Å². The monoisotopic (exact) mass is 419 g/mol. The minimum absolute atomic E-state index is 0.0610. The normalized spacial score (nSPS) is 20.2. The Balaban J connectivity index is 1.36. The molecule has 160 valence electrons. The first-order valence-corrected chi connectivity index (χ1v) is 10.6. The van der Waals surface area contributed by atoms with Crippen LogP contribution in [0.1, 0.15) is 33.2 Å². The summed E-state index contributed by atoms with van der Waals surface area (Å²) in [5.74, 6) is 0.710. The van der Waals surface area contributed by atoms with Crippen LogP contribution in [-0.2, 0) is 13.6 Å². The van der Waals surface area contributed by atoms with Crippen LogP contribution in [0.2, 0.25) is 0 Å². The third-order valence-electron chi connectivity index (χ3n) is 6.74. The lowest BCUT2D eigenvalue weighted by Gasteiger charge is -2.50. The SMILES string of the molecule is Cc1ccc(C(=O)N2CC3(CN(Cc4ccccc4)CC3c3nncn3C)C2)cc1F. The van der Waals surface area contributed by atoms with Crippen LogP contribution in [0.4, 0.5) is 4.39 Å². The van der Waals surface area contributed by atoms with Gasteiger partial charge in [0, 0.05) is 56.7 Å². The first kappa shape index (κ1) is 19.9. The Kier molecular flexibility index (Phi) is 4.85. The summed E-state index contributed by atoms with van der Waals surface area (Å²) in [5, 5.41) is 8.49. The summed E-state index contributed by atoms with van der Waals surface area (Å²) >= 11 is 0. The second-order valence-corrected chi connectivity index (χ2v) is 9.00. The van der Waals surface area contributed by atoms with Crippen molar-refractivity contribution in [1.29, 1.82) is 0 Å². The maximum atomic E-state index is 14.0. The summed E-state index contributed by atoms with van der Waals surface area (Å²) < 4.78 is 16.0. The number of carbonyl (C=O) groups is 1. The number of nitrogens with zero attached hydrogens (tertiary/aromatic N) is 5. The minimum atomic E-state index is -0.340. The lowest BCUT2D eigenvalue weighted by atomic mass is 9.71. The summed E-state index contributed by atoms with van der Waals surface area (Å²) in [5.41, 5.74) is 2.17. The Hall–Kier alpha value is -3.06. The predicted octanol–water partition coefficient (Wildman–Crippen LogP) is 3.00. The van der Waals surface area contributed by atoms with E-state index >= 15 is 0 Å². The smallest absolute Gasteiger partial charge is 0.253 e. The standard InChI is InChI=1S/C24H26FN5O/c1-17-8-9-19(10-21(17)25)23(31)30-14-24(15-30)13-29(11-18-6-4-3-5-7-18)12-20(24)22-27-26-16-28(22)2/h3-10,16,20H,11-15H2,1-2H3. The fourth-order valence-electron chi connectivity index (χ4n) is 5.08. The van der Waals surface area contributed by atoms with Crippen molar-refractivity contribution in [1.82, 2.24) is 24.6 Å². The third kappa shape index (κ3) is 3.53. The molecule has 2 aromatic carbocycles. The molecule has 2 saturated heterocycles. The zero-order valence-electron chi connectivity index (χ0n) is 17.8. The molecule has 2 fully saturated rings. The van der Waals surface area contributed by atoms with Crippen LogP contribution in [0.3, 0.4) is 0 Å². The summed E-state index contributed by atoms with van der Waals surface area (Å²) in [6.45, 7) is 5.63. The Morgan fingerprint density at radius 2 is 1.94 bits per heavy atom. The average molecular weight is 420 g/mol. The highest BCUT2D eigenvalue weighted by atomic mass is 19.1. The Labute approximate surface area is 181 Å². The van der Waals surface area contributed by atoms with Gasteiger partial charge in [-0.05, 0) is 30.2 Å². The lowest BCUT2D eigenvalue weighted by Crippen LogP contribution is -2.61. The number of halogens is 1. The molecule has 3 aromatic rings. The van der Waals surface area contributed by atoms with Gasteiger partial charge in [0.25, 0.3) is 5.91 Å². The molecule has 2 aliphatic rings. The van der Waals surface area contributed by atoms with E-state index in [2.05, 4.69) is 39.4 Å². The van der Waals surface area contributed by atoms with Crippen molar-refractivity contribution in [2.24, 2.45) is 12.5 Å². The molecule has 6 nitrogen and oxygen atoms in total. The average Bonchev–Trinajstić information content (AvgIpc) is 3.32. The van der Waals surface area contributed by atoms with Crippen LogP contribution >= 0.6 is 0 Å². The number of hydrogen-bond acceptors (Lipinski definition) is 4. The highest BCUT2D eigenvalue weighted by Gasteiger charge is 2.57. The van der Waals surface area contributed by atoms with Crippen LogP contribution in [0.5, 0.6) is 0 Å². The molecule has 0 radical (unpaired) electrons. The quantitative estimate of drug-likeness (QED) is 0.652. The summed E-state index contributed by atoms with van der Waals surface area (Å²) in [6, 6.07) is 15.2. The number of aromatic nitrogens is 3. The molecule has 7 heteroatoms. The molecule has 0 bridgehead atoms. The fourth-order valence-corrected chi connectivity index (χ4v) is 5.08. The molecule has 0 saturated carbocycles. The number of carbonyl (C=O) groups excluding carboxylic acids is 1. The van der Waals surface area contributed by atoms with Crippen LogP contribution in [0, 0.1) is 18.2 Å². The van der Waals surface area contributed by atoms with Gasteiger partial charge in [0.1, 0.15) is 18.0 Å². The molecule has 1 amide bonds. The van der Waals surface area contributed by atoms with E-state index < -0.39 is 0 Å². The molecule has 0 N–H and O–H groups in total. The van der Waals surface area contributed by atoms with Crippen molar-refractivity contribution < 1.29 is 9.18 Å². The van der Waals surface area contributed by atoms with E-state index in [0.29, 0.717) is 24.2 Å². The zero-order chi connectivity index (χ0) is 21.6. The maximum absolute atomic E-state index is 14.0. The van der Waals surface area contributed by atoms with Crippen LogP contribution in [0.25, 0.3) is 0 Å². The van der Waals surface area contributed by atoms with Gasteiger partial charge in [-0.3, -0.25) is 9.69 Å². The van der Waals surface area contributed by atoms with Gasteiger partial charge in [-0.2, -0.15) is 0 Å². The molecular weight excluding hydrogens is 393 g/mol. The van der Waals surface area contributed by atoms with E-state index in [1.54, 1.807) is 25.4 Å². The van der Waals surface area contributed by atoms with Gasteiger partial charge in [-0.1, -0.05) is 36.4 Å². The number of aryl methyl sites for hydroxylation is 2. The third-order valence-corrected chi connectivity index (χ3v) is 6.74. The van der Waals surface area contributed by atoms with Crippen LogP contribution in [-0.4, -0.2) is 56.7 Å². The molecule has 5 rings (SSSR count). The minimum Gasteiger partial charge on any atom is -0.337 e. The van der Waals surface area contributed by atoms with Gasteiger partial charge in [0.2, 0.25) is 0 Å². The van der Waals surface area contributed by atoms with Crippen LogP contribution in [0.15, 0.2) is 54.9 Å². The maximum Gasteiger partial charge on any atom is 0.253 e. The number of benzene rings is 2. The van der Waals surface area contributed by atoms with Crippen molar-refractivity contribution in [3.05, 3.63) is 83.2 Å². The van der Waals surface area contributed by atoms with E-state index in [1.165, 1.54) is 11.6 Å². The molecule has 2 aliphatic heterocycles. The van der Waals surface area contributed by atoms with Gasteiger partial charge in [-0.25, -0.2) is 4.39 Å². The van der Waals surface area contributed by atoms with Gasteiger partial charge < -0.3 is 9.47 Å². The van der Waals surface area contributed by atoms with E-state index in [0.717, 1.165) is 25.5 Å². The van der Waals surface area contributed by atoms with Gasteiger partial charge in [0.05, 0.1) is 0 Å². The van der Waals surface area contributed by atoms with Crippen LogP contribution < -0.4 is 0 Å². The van der Waals surface area contributed by atoms with E-state index in [1.807, 2.05) is 22.6 Å². The highest BCUT2D eigenvalue weighted by molar-refractivity contribution is 5.95. The molecule has 3 heterocycles. The van der Waals surface area contributed by atoms with Gasteiger partial charge >= 0.3 is 0 Å². The fraction of sp³-hybridized carbons (Fsp3) is 0.375. The topological polar surface area (TPSA) is 54.3 Å². The zero-order valence-corrected chi connectivity index (χ0v) is 17.8. The summed E-state index contributed by atoms with van der Waals surface area (Å²) in [4.78, 5) is 17.3. The number of likely N-dealkylation sites (tertiary alicyclic amines) is 2. The predicted molar refractivity (Wildman–Crippen MR) is 115 cm³/mol. The van der Waals surface area contributed by atoms with Crippen molar-refractivity contribution in [2.75, 3.05) is 26.2 Å². The second-order valence-electron chi connectivity index (χ2n) is 9.00. The number of amides is 1. The summed E-state index contributed by atoms with van der Waals surface area (Å²) in [6.07, 6.45) is 1.74. The first-order chi connectivity index (χ1) is 14.9. The number of hydrogen-bond donors (Lipinski definition) is 0. The van der Waals surface area contributed by atoms with E-state index in [4.69, 9.17) is 0 Å². The highest BCUT2D eigenvalue weighted by Crippen LogP contribution is 2.49. The Morgan fingerprint density at radius 1 is 1.16 bits per heavy atom. The molecule has 1 unspecified atom stereocenters. The second kappa shape index (κ2) is 7.57. The lowest BCUT2D eigenvalue weighted by molar-refractivity contribution is 0.00138. The molecule has 1 spiro atoms. The van der Waals surface area contributed by atoms with Gasteiger partial charge in [-0.15, -0.1) is 10.2 Å². The van der Waals surface area contributed by atoms with Crippen molar-refractivity contribution in [3.8, 4) is 0 Å². The Morgan fingerprint density at radius 3 is 2.61 bits per heavy atom. The Bertz CT molecular complexity index is 1110. The molecular formula is C24H26FN5O. The molecule has 1 aromatic heterocycles. The first-order valence-electron chi connectivity index (χ1n) is 10.6. The van der Waals surface area contributed by atoms with E-state index in [9.17, 15) is 9.18 Å². The largest absolute Gasteiger partial charge is 0.337 e. The molecule has 1 atom stereocenters. The van der Waals surface area contributed by atoms with Crippen molar-refractivity contribution in [3.63, 3.8) is 0 Å². The molecule has 0 aliphatic carbocycles. The van der Waals surface area contributed by atoms with E-state index in [-0.39, 0.29) is 23.1 Å². The number of rotatable bonds is 4. The van der Waals surface area contributed by atoms with Crippen molar-refractivity contribution in [2.45, 2.75) is 19.4 Å². The van der Waals surface area contributed by atoms with Gasteiger partial charge in [0.15, 0.2) is 0 Å². The summed E-state index contributed by atoms with van der Waals surface area (Å²) in [7, 11) is 1.97. The molecule has 31 heavy (non-hydrogen) atoms.